The van der Waals surface area contributed by atoms with Gasteiger partial charge in [0.15, 0.2) is 0 Å². The molecular formula is C23H26ClN3OS. The highest BCUT2D eigenvalue weighted by molar-refractivity contribution is 7.11. The molecule has 2 aliphatic heterocycles. The maximum atomic E-state index is 13.0. The Bertz CT molecular complexity index is 953. The van der Waals surface area contributed by atoms with Gasteiger partial charge < -0.3 is 9.80 Å². The third-order valence-corrected chi connectivity index (χ3v) is 6.88. The molecule has 2 aliphatic rings. The zero-order chi connectivity index (χ0) is 20.4. The molecule has 1 aromatic carbocycles. The predicted octanol–water partition coefficient (Wildman–Crippen LogP) is 4.73. The monoisotopic (exact) mass is 427 g/mol. The van der Waals surface area contributed by atoms with E-state index in [1.807, 2.05) is 23.1 Å². The Morgan fingerprint density at radius 2 is 2.10 bits per heavy atom. The third-order valence-electron chi connectivity index (χ3n) is 5.57. The molecule has 29 heavy (non-hydrogen) atoms. The highest BCUT2D eigenvalue weighted by atomic mass is 35.5. The number of carbonyl (C=O) groups is 1. The number of thiazole rings is 1. The minimum atomic E-state index is 0.204. The number of hydrogen-bond donors (Lipinski definition) is 0. The fourth-order valence-electron chi connectivity index (χ4n) is 4.02. The van der Waals surface area contributed by atoms with E-state index in [-0.39, 0.29) is 5.91 Å². The van der Waals surface area contributed by atoms with Crippen LogP contribution in [0.4, 0.5) is 0 Å². The number of halogens is 1. The summed E-state index contributed by atoms with van der Waals surface area (Å²) < 4.78 is 0. The number of benzene rings is 1. The molecule has 0 radical (unpaired) electrons. The lowest BCUT2D eigenvalue weighted by Gasteiger charge is -2.31. The van der Waals surface area contributed by atoms with Crippen LogP contribution < -0.4 is 0 Å². The van der Waals surface area contributed by atoms with Crippen LogP contribution in [0.2, 0.25) is 5.02 Å². The minimum absolute atomic E-state index is 0.204. The quantitative estimate of drug-likeness (QED) is 0.708. The second kappa shape index (κ2) is 8.72. The van der Waals surface area contributed by atoms with Crippen molar-refractivity contribution in [3.8, 4) is 0 Å². The van der Waals surface area contributed by atoms with Crippen molar-refractivity contribution in [2.75, 3.05) is 26.2 Å². The lowest BCUT2D eigenvalue weighted by molar-refractivity contribution is -0.131. The highest BCUT2D eigenvalue weighted by Gasteiger charge is 2.24. The molecule has 0 saturated carbocycles. The lowest BCUT2D eigenvalue weighted by atomic mass is 10.0. The van der Waals surface area contributed by atoms with Crippen molar-refractivity contribution in [1.82, 2.24) is 14.8 Å². The van der Waals surface area contributed by atoms with E-state index < -0.39 is 0 Å². The summed E-state index contributed by atoms with van der Waals surface area (Å²) >= 11 is 7.92. The van der Waals surface area contributed by atoms with Crippen LogP contribution in [0.25, 0.3) is 5.57 Å². The van der Waals surface area contributed by atoms with Gasteiger partial charge in [0.05, 0.1) is 17.2 Å². The van der Waals surface area contributed by atoms with E-state index in [1.165, 1.54) is 21.8 Å². The van der Waals surface area contributed by atoms with E-state index in [1.54, 1.807) is 11.3 Å². The molecule has 0 unspecified atom stereocenters. The summed E-state index contributed by atoms with van der Waals surface area (Å²) in [7, 11) is 0. The maximum absolute atomic E-state index is 13.0. The first kappa shape index (κ1) is 20.2. The fraction of sp³-hybridized carbons (Fsp3) is 0.391. The molecule has 6 heteroatoms. The van der Waals surface area contributed by atoms with Gasteiger partial charge in [-0.15, -0.1) is 11.3 Å². The molecule has 0 bridgehead atoms. The maximum Gasteiger partial charge on any atom is 0.242 e. The molecule has 152 valence electrons. The van der Waals surface area contributed by atoms with Crippen LogP contribution >= 0.6 is 22.9 Å². The molecule has 1 amide bonds. The predicted molar refractivity (Wildman–Crippen MR) is 120 cm³/mol. The van der Waals surface area contributed by atoms with Crippen molar-refractivity contribution in [1.29, 1.82) is 0 Å². The van der Waals surface area contributed by atoms with E-state index in [0.717, 1.165) is 54.5 Å². The summed E-state index contributed by atoms with van der Waals surface area (Å²) in [5, 5.41) is 1.87. The number of aryl methyl sites for hydroxylation is 1. The highest BCUT2D eigenvalue weighted by Crippen LogP contribution is 2.27. The normalized spacial score (nSPS) is 16.8. The van der Waals surface area contributed by atoms with Crippen molar-refractivity contribution in [3.05, 3.63) is 68.3 Å². The number of rotatable bonds is 4. The SMILES string of the molecule is CCC1=CC(c2cccc(Cl)c2)=CCN1CC(=O)N1CCc2nc(C)sc2CC1. The Morgan fingerprint density at radius 1 is 1.28 bits per heavy atom. The Hall–Kier alpha value is -2.11. The zero-order valence-electron chi connectivity index (χ0n) is 16.9. The van der Waals surface area contributed by atoms with E-state index in [2.05, 4.69) is 41.9 Å². The van der Waals surface area contributed by atoms with Gasteiger partial charge in [-0.1, -0.05) is 36.7 Å². The van der Waals surface area contributed by atoms with Crippen LogP contribution in [0.5, 0.6) is 0 Å². The summed E-state index contributed by atoms with van der Waals surface area (Å²) in [6.07, 6.45) is 7.05. The van der Waals surface area contributed by atoms with Crippen LogP contribution in [0, 0.1) is 6.92 Å². The largest absolute Gasteiger partial charge is 0.362 e. The van der Waals surface area contributed by atoms with Crippen molar-refractivity contribution in [3.63, 3.8) is 0 Å². The summed E-state index contributed by atoms with van der Waals surface area (Å²) in [6.45, 7) is 6.92. The van der Waals surface area contributed by atoms with Gasteiger partial charge in [0, 0.05) is 48.1 Å². The summed E-state index contributed by atoms with van der Waals surface area (Å²) in [6, 6.07) is 7.93. The van der Waals surface area contributed by atoms with Crippen LogP contribution in [0.3, 0.4) is 0 Å². The van der Waals surface area contributed by atoms with Gasteiger partial charge >= 0.3 is 0 Å². The van der Waals surface area contributed by atoms with Crippen LogP contribution in [-0.2, 0) is 17.6 Å². The van der Waals surface area contributed by atoms with Gasteiger partial charge in [-0.05, 0) is 42.7 Å². The molecule has 2 aromatic rings. The topological polar surface area (TPSA) is 36.4 Å². The Labute approximate surface area is 181 Å². The first-order chi connectivity index (χ1) is 14.0. The number of fused-ring (bicyclic) bond motifs is 1. The molecule has 1 aromatic heterocycles. The number of amides is 1. The number of nitrogens with zero attached hydrogens (tertiary/aromatic N) is 3. The smallest absolute Gasteiger partial charge is 0.242 e. The van der Waals surface area contributed by atoms with Crippen molar-refractivity contribution >= 4 is 34.4 Å². The molecular weight excluding hydrogens is 402 g/mol. The molecule has 4 nitrogen and oxygen atoms in total. The van der Waals surface area contributed by atoms with Gasteiger partial charge in [0.25, 0.3) is 0 Å². The van der Waals surface area contributed by atoms with Gasteiger partial charge in [0.2, 0.25) is 5.91 Å². The van der Waals surface area contributed by atoms with Crippen molar-refractivity contribution in [2.45, 2.75) is 33.1 Å². The van der Waals surface area contributed by atoms with Crippen molar-refractivity contribution in [2.24, 2.45) is 0 Å². The molecule has 0 spiro atoms. The molecule has 0 N–H and O–H groups in total. The number of hydrogen-bond acceptors (Lipinski definition) is 4. The van der Waals surface area contributed by atoms with Crippen LogP contribution in [0.15, 0.2) is 42.1 Å². The fourth-order valence-corrected chi connectivity index (χ4v) is 5.18. The summed E-state index contributed by atoms with van der Waals surface area (Å²) in [5.74, 6) is 0.204. The van der Waals surface area contributed by atoms with E-state index in [0.29, 0.717) is 6.54 Å². The van der Waals surface area contributed by atoms with Gasteiger partial charge in [-0.3, -0.25) is 4.79 Å². The molecule has 4 rings (SSSR count). The van der Waals surface area contributed by atoms with E-state index in [9.17, 15) is 4.79 Å². The lowest BCUT2D eigenvalue weighted by Crippen LogP contribution is -2.41. The number of aromatic nitrogens is 1. The first-order valence-electron chi connectivity index (χ1n) is 10.2. The van der Waals surface area contributed by atoms with Crippen LogP contribution in [-0.4, -0.2) is 46.9 Å². The Kier molecular flexibility index (Phi) is 6.07. The average Bonchev–Trinajstić information content (AvgIpc) is 2.96. The Balaban J connectivity index is 1.41. The molecule has 0 fully saturated rings. The second-order valence-electron chi connectivity index (χ2n) is 7.52. The molecule has 3 heterocycles. The van der Waals surface area contributed by atoms with Gasteiger partial charge in [0.1, 0.15) is 0 Å². The third kappa shape index (κ3) is 4.57. The summed E-state index contributed by atoms with van der Waals surface area (Å²) in [5.41, 5.74) is 4.68. The summed E-state index contributed by atoms with van der Waals surface area (Å²) in [4.78, 5) is 23.2. The first-order valence-corrected chi connectivity index (χ1v) is 11.4. The van der Waals surface area contributed by atoms with Gasteiger partial charge in [-0.25, -0.2) is 4.98 Å². The van der Waals surface area contributed by atoms with Crippen LogP contribution in [0.1, 0.15) is 34.5 Å². The van der Waals surface area contributed by atoms with Crippen molar-refractivity contribution < 1.29 is 4.79 Å². The minimum Gasteiger partial charge on any atom is -0.362 e. The van der Waals surface area contributed by atoms with E-state index in [4.69, 9.17) is 11.6 Å². The zero-order valence-corrected chi connectivity index (χ0v) is 18.5. The second-order valence-corrected chi connectivity index (χ2v) is 9.25. The molecule has 0 aliphatic carbocycles. The molecule has 0 atom stereocenters. The molecule has 0 saturated heterocycles. The van der Waals surface area contributed by atoms with Gasteiger partial charge in [-0.2, -0.15) is 0 Å². The average molecular weight is 428 g/mol. The number of carbonyl (C=O) groups excluding carboxylic acids is 1. The Morgan fingerprint density at radius 3 is 2.90 bits per heavy atom. The standard InChI is InChI=1S/C23H26ClN3OS/c1-3-20-14-18(17-5-4-6-19(24)13-17)7-10-27(20)15-23(28)26-11-8-21-22(9-12-26)29-16(2)25-21/h4-7,13-14H,3,8-12,15H2,1-2H3. The van der Waals surface area contributed by atoms with E-state index >= 15 is 0 Å². The number of allylic oxidation sites excluding steroid dienone is 3.